The van der Waals surface area contributed by atoms with Gasteiger partial charge in [0.05, 0.1) is 31.2 Å². The van der Waals surface area contributed by atoms with Crippen molar-refractivity contribution in [3.63, 3.8) is 0 Å². The van der Waals surface area contributed by atoms with Crippen LogP contribution in [0.1, 0.15) is 57.1 Å². The molecular formula is C44H37F3N2O4. The van der Waals surface area contributed by atoms with Gasteiger partial charge in [0.25, 0.3) is 0 Å². The van der Waals surface area contributed by atoms with Crippen molar-refractivity contribution in [1.29, 1.82) is 0 Å². The van der Waals surface area contributed by atoms with E-state index in [1.165, 1.54) is 31.9 Å². The second kappa shape index (κ2) is 15.3. The molecule has 0 radical (unpaired) electrons. The molecule has 268 valence electrons. The molecule has 6 nitrogen and oxygen atoms in total. The first kappa shape index (κ1) is 36.7. The molecule has 6 aromatic rings. The highest BCUT2D eigenvalue weighted by Crippen LogP contribution is 2.39. The van der Waals surface area contributed by atoms with Gasteiger partial charge < -0.3 is 9.47 Å². The maximum atomic E-state index is 13.4. The minimum atomic E-state index is -4.50. The van der Waals surface area contributed by atoms with Crippen LogP contribution in [0.3, 0.4) is 0 Å². The van der Waals surface area contributed by atoms with E-state index in [4.69, 9.17) is 14.5 Å². The number of aryl methyl sites for hydroxylation is 3. The van der Waals surface area contributed by atoms with Gasteiger partial charge in [-0.15, -0.1) is 0 Å². The Balaban J connectivity index is 1.51. The summed E-state index contributed by atoms with van der Waals surface area (Å²) in [5.41, 5.74) is 9.64. The number of esters is 2. The summed E-state index contributed by atoms with van der Waals surface area (Å²) in [6.45, 7) is 6.00. The molecule has 0 fully saturated rings. The van der Waals surface area contributed by atoms with Crippen molar-refractivity contribution in [2.75, 3.05) is 14.2 Å². The van der Waals surface area contributed by atoms with Crippen LogP contribution in [0, 0.1) is 6.92 Å². The van der Waals surface area contributed by atoms with Gasteiger partial charge in [0.2, 0.25) is 0 Å². The zero-order chi connectivity index (χ0) is 37.9. The molecule has 2 aromatic heterocycles. The van der Waals surface area contributed by atoms with Crippen molar-refractivity contribution in [3.05, 3.63) is 143 Å². The number of ether oxygens (including phenoxy) is 2. The molecule has 0 atom stereocenters. The minimum absolute atomic E-state index is 0.0290. The van der Waals surface area contributed by atoms with E-state index >= 15 is 0 Å². The normalized spacial score (nSPS) is 11.3. The van der Waals surface area contributed by atoms with Crippen LogP contribution in [0.5, 0.6) is 0 Å². The molecular weight excluding hydrogens is 677 g/mol. The zero-order valence-corrected chi connectivity index (χ0v) is 30.0. The van der Waals surface area contributed by atoms with Crippen molar-refractivity contribution in [2.24, 2.45) is 0 Å². The first-order chi connectivity index (χ1) is 25.4. The van der Waals surface area contributed by atoms with Crippen LogP contribution in [0.15, 0.2) is 109 Å². The van der Waals surface area contributed by atoms with E-state index in [1.54, 1.807) is 12.1 Å². The largest absolute Gasteiger partial charge is 0.464 e. The number of alkyl halides is 3. The van der Waals surface area contributed by atoms with Crippen molar-refractivity contribution in [2.45, 2.75) is 39.8 Å². The molecule has 53 heavy (non-hydrogen) atoms. The van der Waals surface area contributed by atoms with Gasteiger partial charge in [0.1, 0.15) is 5.69 Å². The van der Waals surface area contributed by atoms with E-state index < -0.39 is 23.7 Å². The standard InChI is InChI=1S/C44H37F3N2O4/c1-6-27-11-13-29(14-12-27)37-23-26(3)39(43(51)53-5)49-41(37)33-10-8-9-31(24-33)36-25-32(16-15-28(36)7-2)35-21-22-38(42(50)52-4)48-40(35)30-17-19-34(20-18-30)44(45,46)47/h8-25H,6-7H2,1-5H3. The number of hydrogen-bond acceptors (Lipinski definition) is 6. The van der Waals surface area contributed by atoms with Gasteiger partial charge >= 0.3 is 18.1 Å². The first-order valence-corrected chi connectivity index (χ1v) is 17.2. The highest BCUT2D eigenvalue weighted by atomic mass is 19.4. The average Bonchev–Trinajstić information content (AvgIpc) is 3.19. The maximum Gasteiger partial charge on any atom is 0.416 e. The molecule has 6 rings (SSSR count). The molecule has 0 spiro atoms. The Kier molecular flexibility index (Phi) is 10.6. The van der Waals surface area contributed by atoms with E-state index in [1.807, 2.05) is 55.5 Å². The van der Waals surface area contributed by atoms with Crippen LogP contribution in [-0.4, -0.2) is 36.1 Å². The Morgan fingerprint density at radius 2 is 1.23 bits per heavy atom. The van der Waals surface area contributed by atoms with E-state index in [0.29, 0.717) is 28.1 Å². The molecule has 0 saturated heterocycles. The first-order valence-electron chi connectivity index (χ1n) is 17.2. The lowest BCUT2D eigenvalue weighted by Crippen LogP contribution is -2.08. The number of methoxy groups -OCH3 is 2. The van der Waals surface area contributed by atoms with Crippen molar-refractivity contribution < 1.29 is 32.2 Å². The summed E-state index contributed by atoms with van der Waals surface area (Å²) in [5.74, 6) is -1.19. The van der Waals surface area contributed by atoms with E-state index in [2.05, 4.69) is 43.1 Å². The fourth-order valence-corrected chi connectivity index (χ4v) is 6.38. The summed E-state index contributed by atoms with van der Waals surface area (Å²) < 4.78 is 50.2. The van der Waals surface area contributed by atoms with Crippen LogP contribution < -0.4 is 0 Å². The van der Waals surface area contributed by atoms with Gasteiger partial charge in [0.15, 0.2) is 5.69 Å². The number of rotatable bonds is 9. The smallest absolute Gasteiger partial charge is 0.416 e. The number of aromatic nitrogens is 2. The molecule has 0 aliphatic heterocycles. The molecule has 0 saturated carbocycles. The minimum Gasteiger partial charge on any atom is -0.464 e. The third-order valence-corrected chi connectivity index (χ3v) is 9.29. The predicted octanol–water partition coefficient (Wildman–Crippen LogP) is 10.8. The molecule has 0 unspecified atom stereocenters. The van der Waals surface area contributed by atoms with Crippen molar-refractivity contribution in [1.82, 2.24) is 9.97 Å². The number of benzene rings is 4. The van der Waals surface area contributed by atoms with Crippen molar-refractivity contribution in [3.8, 4) is 55.9 Å². The monoisotopic (exact) mass is 714 g/mol. The van der Waals surface area contributed by atoms with Crippen LogP contribution in [0.25, 0.3) is 55.9 Å². The molecule has 2 heterocycles. The second-order valence-corrected chi connectivity index (χ2v) is 12.6. The topological polar surface area (TPSA) is 78.4 Å². The third-order valence-electron chi connectivity index (χ3n) is 9.29. The highest BCUT2D eigenvalue weighted by molar-refractivity contribution is 5.94. The van der Waals surface area contributed by atoms with Crippen LogP contribution in [-0.2, 0) is 28.5 Å². The Labute approximate surface area is 306 Å². The number of carbonyl (C=O) groups is 2. The number of halogens is 3. The van der Waals surface area contributed by atoms with Gasteiger partial charge in [-0.3, -0.25) is 0 Å². The molecule has 0 amide bonds. The Bertz CT molecular complexity index is 2310. The summed E-state index contributed by atoms with van der Waals surface area (Å²) in [7, 11) is 2.58. The number of nitrogens with zero attached hydrogens (tertiary/aromatic N) is 2. The SMILES string of the molecule is CCc1ccc(-c2cc(C)c(C(=O)OC)nc2-c2cccc(-c3cc(-c4ccc(C(=O)OC)nc4-c4ccc(C(F)(F)F)cc4)ccc3CC)c2)cc1. The van der Waals surface area contributed by atoms with E-state index in [9.17, 15) is 22.8 Å². The summed E-state index contributed by atoms with van der Waals surface area (Å²) in [6.07, 6.45) is -2.88. The lowest BCUT2D eigenvalue weighted by atomic mass is 9.90. The second-order valence-electron chi connectivity index (χ2n) is 12.6. The average molecular weight is 715 g/mol. The Morgan fingerprint density at radius 1 is 0.604 bits per heavy atom. The van der Waals surface area contributed by atoms with Crippen LogP contribution >= 0.6 is 0 Å². The van der Waals surface area contributed by atoms with Gasteiger partial charge in [-0.1, -0.05) is 80.6 Å². The fourth-order valence-electron chi connectivity index (χ4n) is 6.38. The molecule has 0 N–H and O–H groups in total. The lowest BCUT2D eigenvalue weighted by Gasteiger charge is -2.17. The summed E-state index contributed by atoms with van der Waals surface area (Å²) in [6, 6.07) is 32.2. The summed E-state index contributed by atoms with van der Waals surface area (Å²) >= 11 is 0. The number of carbonyl (C=O) groups excluding carboxylic acids is 2. The molecule has 4 aromatic carbocycles. The van der Waals surface area contributed by atoms with Gasteiger partial charge in [-0.05, 0) is 101 Å². The third kappa shape index (κ3) is 7.60. The summed E-state index contributed by atoms with van der Waals surface area (Å²) in [5, 5.41) is 0. The van der Waals surface area contributed by atoms with Crippen LogP contribution in [0.2, 0.25) is 0 Å². The van der Waals surface area contributed by atoms with Crippen LogP contribution in [0.4, 0.5) is 13.2 Å². The predicted molar refractivity (Wildman–Crippen MR) is 200 cm³/mol. The van der Waals surface area contributed by atoms with Crippen molar-refractivity contribution >= 4 is 11.9 Å². The molecule has 0 bridgehead atoms. The van der Waals surface area contributed by atoms with Gasteiger partial charge in [-0.2, -0.15) is 13.2 Å². The maximum absolute atomic E-state index is 13.4. The van der Waals surface area contributed by atoms with E-state index in [0.717, 1.165) is 63.9 Å². The Morgan fingerprint density at radius 3 is 1.87 bits per heavy atom. The lowest BCUT2D eigenvalue weighted by molar-refractivity contribution is -0.137. The summed E-state index contributed by atoms with van der Waals surface area (Å²) in [4.78, 5) is 34.7. The molecule has 0 aliphatic carbocycles. The van der Waals surface area contributed by atoms with E-state index in [-0.39, 0.29) is 11.4 Å². The Hall–Kier alpha value is -6.09. The zero-order valence-electron chi connectivity index (χ0n) is 30.0. The highest BCUT2D eigenvalue weighted by Gasteiger charge is 2.30. The van der Waals surface area contributed by atoms with Gasteiger partial charge in [0, 0.05) is 22.3 Å². The number of hydrogen-bond donors (Lipinski definition) is 0. The van der Waals surface area contributed by atoms with Gasteiger partial charge in [-0.25, -0.2) is 19.6 Å². The fraction of sp³-hybridized carbons (Fsp3) is 0.182. The molecule has 9 heteroatoms. The number of pyridine rings is 2. The molecule has 0 aliphatic rings. The quantitative estimate of drug-likeness (QED) is 0.139.